The minimum absolute atomic E-state index is 0.0736. The second-order valence-electron chi connectivity index (χ2n) is 7.16. The number of benzene rings is 2. The molecule has 0 radical (unpaired) electrons. The van der Waals surface area contributed by atoms with Crippen LogP contribution in [0, 0.1) is 6.92 Å². The van der Waals surface area contributed by atoms with E-state index in [1.807, 2.05) is 43.3 Å². The molecule has 0 aliphatic rings. The van der Waals surface area contributed by atoms with Gasteiger partial charge in [-0.25, -0.2) is 0 Å². The van der Waals surface area contributed by atoms with Crippen LogP contribution in [-0.2, 0) is 10.2 Å². The van der Waals surface area contributed by atoms with Gasteiger partial charge in [0.05, 0.1) is 14.2 Å². The van der Waals surface area contributed by atoms with E-state index in [4.69, 9.17) is 14.2 Å². The minimum Gasteiger partial charge on any atom is -0.493 e. The van der Waals surface area contributed by atoms with Gasteiger partial charge in [-0.3, -0.25) is 4.79 Å². The summed E-state index contributed by atoms with van der Waals surface area (Å²) in [7, 11) is 3.11. The molecular formula is C21H27NO4. The van der Waals surface area contributed by atoms with Crippen molar-refractivity contribution in [1.82, 2.24) is 0 Å². The third kappa shape index (κ3) is 4.91. The van der Waals surface area contributed by atoms with Crippen LogP contribution >= 0.6 is 0 Å². The first-order valence-electron chi connectivity index (χ1n) is 8.50. The largest absolute Gasteiger partial charge is 0.493 e. The lowest BCUT2D eigenvalue weighted by molar-refractivity contribution is -0.118. The molecule has 1 N–H and O–H groups in total. The van der Waals surface area contributed by atoms with Crippen LogP contribution in [0.2, 0.25) is 0 Å². The van der Waals surface area contributed by atoms with Gasteiger partial charge in [0.25, 0.3) is 5.91 Å². The summed E-state index contributed by atoms with van der Waals surface area (Å²) in [4.78, 5) is 12.2. The fourth-order valence-corrected chi connectivity index (χ4v) is 2.54. The molecule has 0 heterocycles. The zero-order valence-electron chi connectivity index (χ0n) is 16.3. The lowest BCUT2D eigenvalue weighted by atomic mass is 9.87. The number of rotatable bonds is 6. The van der Waals surface area contributed by atoms with Gasteiger partial charge in [-0.1, -0.05) is 32.9 Å². The van der Waals surface area contributed by atoms with Crippen LogP contribution in [0.1, 0.15) is 31.9 Å². The van der Waals surface area contributed by atoms with Crippen LogP contribution in [0.4, 0.5) is 5.69 Å². The Balaban J connectivity index is 2.03. The van der Waals surface area contributed by atoms with E-state index in [-0.39, 0.29) is 17.9 Å². The Morgan fingerprint density at radius 1 is 1.00 bits per heavy atom. The topological polar surface area (TPSA) is 56.8 Å². The van der Waals surface area contributed by atoms with Crippen molar-refractivity contribution in [3.63, 3.8) is 0 Å². The number of hydrogen-bond acceptors (Lipinski definition) is 4. The number of hydrogen-bond donors (Lipinski definition) is 1. The minimum atomic E-state index is -0.252. The standard InChI is InChI=1S/C21H27NO4/c1-14-11-17(24-5)20(18(12-14)25-6)26-13-19(23)22-16-9-7-15(8-10-16)21(2,3)4/h7-12H,13H2,1-6H3,(H,22,23). The van der Waals surface area contributed by atoms with Gasteiger partial charge in [-0.15, -0.1) is 0 Å². The Hall–Kier alpha value is -2.69. The second-order valence-corrected chi connectivity index (χ2v) is 7.16. The molecule has 2 aromatic carbocycles. The summed E-state index contributed by atoms with van der Waals surface area (Å²) in [6.45, 7) is 8.24. The Labute approximate surface area is 155 Å². The highest BCUT2D eigenvalue weighted by atomic mass is 16.5. The number of methoxy groups -OCH3 is 2. The fraction of sp³-hybridized carbons (Fsp3) is 0.381. The van der Waals surface area contributed by atoms with Crippen LogP contribution in [0.25, 0.3) is 0 Å². The van der Waals surface area contributed by atoms with Gasteiger partial charge in [0.1, 0.15) is 0 Å². The molecule has 0 saturated heterocycles. The lowest BCUT2D eigenvalue weighted by Gasteiger charge is -2.19. The molecule has 5 nitrogen and oxygen atoms in total. The number of ether oxygens (including phenoxy) is 3. The first-order valence-corrected chi connectivity index (χ1v) is 8.50. The molecule has 2 aromatic rings. The summed E-state index contributed by atoms with van der Waals surface area (Å²) in [6, 6.07) is 11.5. The summed E-state index contributed by atoms with van der Waals surface area (Å²) >= 11 is 0. The third-order valence-electron chi connectivity index (χ3n) is 3.99. The summed E-state index contributed by atoms with van der Waals surface area (Å²) in [5.74, 6) is 1.23. The maximum atomic E-state index is 12.2. The van der Waals surface area contributed by atoms with E-state index < -0.39 is 0 Å². The smallest absolute Gasteiger partial charge is 0.262 e. The van der Waals surface area contributed by atoms with E-state index in [0.717, 1.165) is 11.3 Å². The molecule has 1 amide bonds. The average Bonchev–Trinajstić information content (AvgIpc) is 2.59. The monoisotopic (exact) mass is 357 g/mol. The van der Waals surface area contributed by atoms with Crippen LogP contribution in [0.15, 0.2) is 36.4 Å². The van der Waals surface area contributed by atoms with Gasteiger partial charge >= 0.3 is 0 Å². The van der Waals surface area contributed by atoms with Crippen molar-refractivity contribution < 1.29 is 19.0 Å². The first kappa shape index (κ1) is 19.6. The van der Waals surface area contributed by atoms with Crippen molar-refractivity contribution in [2.75, 3.05) is 26.1 Å². The number of anilines is 1. The molecule has 0 spiro atoms. The van der Waals surface area contributed by atoms with Gasteiger partial charge in [0.15, 0.2) is 18.1 Å². The predicted molar refractivity (Wildman–Crippen MR) is 104 cm³/mol. The Morgan fingerprint density at radius 2 is 1.54 bits per heavy atom. The van der Waals surface area contributed by atoms with Crippen LogP contribution in [0.3, 0.4) is 0 Å². The molecule has 5 heteroatoms. The van der Waals surface area contributed by atoms with Gasteiger partial charge in [0, 0.05) is 5.69 Å². The van der Waals surface area contributed by atoms with Gasteiger partial charge in [-0.05, 0) is 47.7 Å². The van der Waals surface area contributed by atoms with E-state index in [0.29, 0.717) is 17.2 Å². The highest BCUT2D eigenvalue weighted by Crippen LogP contribution is 2.38. The highest BCUT2D eigenvalue weighted by molar-refractivity contribution is 5.92. The number of carbonyl (C=O) groups is 1. The van der Waals surface area contributed by atoms with Gasteiger partial charge < -0.3 is 19.5 Å². The van der Waals surface area contributed by atoms with Crippen molar-refractivity contribution in [1.29, 1.82) is 0 Å². The summed E-state index contributed by atoms with van der Waals surface area (Å²) < 4.78 is 16.3. The third-order valence-corrected chi connectivity index (χ3v) is 3.99. The number of amides is 1. The Bertz CT molecular complexity index is 736. The lowest BCUT2D eigenvalue weighted by Crippen LogP contribution is -2.20. The van der Waals surface area contributed by atoms with Crippen molar-refractivity contribution in [3.05, 3.63) is 47.5 Å². The fourth-order valence-electron chi connectivity index (χ4n) is 2.54. The summed E-state index contributed by atoms with van der Waals surface area (Å²) in [6.07, 6.45) is 0. The van der Waals surface area contributed by atoms with Crippen LogP contribution in [-0.4, -0.2) is 26.7 Å². The molecule has 0 aliphatic heterocycles. The van der Waals surface area contributed by atoms with Crippen molar-refractivity contribution in [2.45, 2.75) is 33.1 Å². The quantitative estimate of drug-likeness (QED) is 0.836. The Morgan fingerprint density at radius 3 is 2.00 bits per heavy atom. The van der Waals surface area contributed by atoms with Crippen molar-refractivity contribution in [3.8, 4) is 17.2 Å². The molecule has 2 rings (SSSR count). The number of carbonyl (C=O) groups excluding carboxylic acids is 1. The van der Waals surface area contributed by atoms with E-state index in [2.05, 4.69) is 26.1 Å². The Kier molecular flexibility index (Phi) is 6.14. The average molecular weight is 357 g/mol. The summed E-state index contributed by atoms with van der Waals surface area (Å²) in [5, 5.41) is 2.83. The maximum Gasteiger partial charge on any atom is 0.262 e. The number of aryl methyl sites for hydroxylation is 1. The number of nitrogens with one attached hydrogen (secondary N) is 1. The van der Waals surface area contributed by atoms with Crippen LogP contribution < -0.4 is 19.5 Å². The van der Waals surface area contributed by atoms with Crippen molar-refractivity contribution >= 4 is 11.6 Å². The van der Waals surface area contributed by atoms with Crippen LogP contribution in [0.5, 0.6) is 17.2 Å². The zero-order chi connectivity index (χ0) is 19.3. The molecular weight excluding hydrogens is 330 g/mol. The predicted octanol–water partition coefficient (Wildman–Crippen LogP) is 4.33. The molecule has 0 unspecified atom stereocenters. The molecule has 26 heavy (non-hydrogen) atoms. The molecule has 0 atom stereocenters. The molecule has 0 aromatic heterocycles. The molecule has 0 fully saturated rings. The van der Waals surface area contributed by atoms with E-state index in [1.54, 1.807) is 14.2 Å². The van der Waals surface area contributed by atoms with Gasteiger partial charge in [0.2, 0.25) is 5.75 Å². The molecule has 140 valence electrons. The normalized spacial score (nSPS) is 11.0. The molecule has 0 aliphatic carbocycles. The molecule has 0 saturated carbocycles. The molecule has 0 bridgehead atoms. The van der Waals surface area contributed by atoms with E-state index in [9.17, 15) is 4.79 Å². The van der Waals surface area contributed by atoms with Gasteiger partial charge in [-0.2, -0.15) is 0 Å². The van der Waals surface area contributed by atoms with E-state index >= 15 is 0 Å². The zero-order valence-corrected chi connectivity index (χ0v) is 16.3. The maximum absolute atomic E-state index is 12.2. The first-order chi connectivity index (χ1) is 12.2. The van der Waals surface area contributed by atoms with Crippen molar-refractivity contribution in [2.24, 2.45) is 0 Å². The second kappa shape index (κ2) is 8.13. The summed E-state index contributed by atoms with van der Waals surface area (Å²) in [5.41, 5.74) is 2.99. The SMILES string of the molecule is COc1cc(C)cc(OC)c1OCC(=O)Nc1ccc(C(C)(C)C)cc1. The van der Waals surface area contributed by atoms with E-state index in [1.165, 1.54) is 5.56 Å². The highest BCUT2D eigenvalue weighted by Gasteiger charge is 2.16.